The average molecular weight is 1420 g/mol. The molecule has 0 radical (unpaired) electrons. The Labute approximate surface area is 631 Å². The van der Waals surface area contributed by atoms with E-state index in [0.29, 0.717) is 39.0 Å². The molecule has 0 aromatic carbocycles. The Bertz CT molecular complexity index is 1620. The highest BCUT2D eigenvalue weighted by Crippen LogP contribution is 2.28. The van der Waals surface area contributed by atoms with Gasteiger partial charge in [0.15, 0.2) is 0 Å². The third-order valence-electron chi connectivity index (χ3n) is 23.5. The Morgan fingerprint density at radius 2 is 0.347 bits per heavy atom. The van der Waals surface area contributed by atoms with Crippen molar-refractivity contribution in [2.75, 3.05) is 52.4 Å². The van der Waals surface area contributed by atoms with Gasteiger partial charge >= 0.3 is 0 Å². The van der Waals surface area contributed by atoms with Crippen molar-refractivity contribution in [3.63, 3.8) is 0 Å². The first-order chi connectivity index (χ1) is 50.0. The van der Waals surface area contributed by atoms with E-state index in [2.05, 4.69) is 29.8 Å². The van der Waals surface area contributed by atoms with Gasteiger partial charge in [0.1, 0.15) is 0 Å². The van der Waals surface area contributed by atoms with Crippen LogP contribution < -0.4 is 16.0 Å². The summed E-state index contributed by atoms with van der Waals surface area (Å²) in [5, 5.41) is 10.2. The van der Waals surface area contributed by atoms with E-state index in [4.69, 9.17) is 0 Å². The van der Waals surface area contributed by atoms with Gasteiger partial charge in [0.25, 0.3) is 0 Å². The van der Waals surface area contributed by atoms with Crippen molar-refractivity contribution in [3.05, 3.63) is 0 Å². The van der Waals surface area contributed by atoms with E-state index in [1.165, 1.54) is 459 Å². The summed E-state index contributed by atoms with van der Waals surface area (Å²) in [6.07, 6.45) is 104. The molecular formula is C92H179N5O4. The van der Waals surface area contributed by atoms with Gasteiger partial charge in [0.05, 0.1) is 0 Å². The Hall–Kier alpha value is -1.84. The van der Waals surface area contributed by atoms with E-state index in [1.54, 1.807) is 0 Å². The quantitative estimate of drug-likeness (QED) is 0.0411. The zero-order valence-corrected chi connectivity index (χ0v) is 68.6. The highest BCUT2D eigenvalue weighted by molar-refractivity contribution is 6.04. The van der Waals surface area contributed by atoms with Gasteiger partial charge in [-0.05, 0) is 12.8 Å². The maximum Gasteiger partial charge on any atom is 0.232 e. The lowest BCUT2D eigenvalue weighted by Gasteiger charge is -2.16. The van der Waals surface area contributed by atoms with Gasteiger partial charge in [-0.3, -0.25) is 29.0 Å². The van der Waals surface area contributed by atoms with E-state index in [1.807, 2.05) is 0 Å². The summed E-state index contributed by atoms with van der Waals surface area (Å²) >= 11 is 0. The van der Waals surface area contributed by atoms with Crippen molar-refractivity contribution >= 4 is 23.6 Å². The number of imide groups is 2. The number of carbonyl (C=O) groups is 4. The summed E-state index contributed by atoms with van der Waals surface area (Å²) in [4.78, 5) is 54.6. The van der Waals surface area contributed by atoms with Crippen LogP contribution in [0.15, 0.2) is 0 Å². The van der Waals surface area contributed by atoms with Gasteiger partial charge in [-0.25, -0.2) is 0 Å². The molecule has 3 N–H and O–H groups in total. The van der Waals surface area contributed by atoms with E-state index < -0.39 is 0 Å². The Morgan fingerprint density at radius 3 is 0.505 bits per heavy atom. The first-order valence-corrected chi connectivity index (χ1v) is 46.8. The van der Waals surface area contributed by atoms with Crippen molar-refractivity contribution < 1.29 is 19.2 Å². The fraction of sp³-hybridized carbons (Fsp3) is 0.957. The number of hydrogen-bond donors (Lipinski definition) is 3. The van der Waals surface area contributed by atoms with E-state index >= 15 is 0 Å². The average Bonchev–Trinajstić information content (AvgIpc) is 1.72. The number of rotatable bonds is 86. The topological polar surface area (TPSA) is 111 Å². The minimum absolute atomic E-state index is 0.00659. The van der Waals surface area contributed by atoms with Gasteiger partial charge in [-0.1, -0.05) is 476 Å². The molecule has 2 unspecified atom stereocenters. The molecule has 0 bridgehead atoms. The van der Waals surface area contributed by atoms with Crippen molar-refractivity contribution in [1.29, 1.82) is 0 Å². The highest BCUT2D eigenvalue weighted by Gasteiger charge is 2.38. The second-order valence-electron chi connectivity index (χ2n) is 33.1. The third-order valence-corrected chi connectivity index (χ3v) is 23.5. The molecule has 2 saturated heterocycles. The minimum Gasteiger partial charge on any atom is -0.314 e. The molecule has 0 spiro atoms. The molecule has 0 aromatic rings. The molecule has 2 aliphatic rings. The fourth-order valence-electron chi connectivity index (χ4n) is 16.5. The standard InChI is InChI=1S/C92H179N5O4/c1-3-5-7-9-11-13-15-17-19-21-23-25-27-29-31-33-35-37-39-41-43-45-47-49-51-53-55-57-59-61-63-65-67-69-71-73-75-87-85-89(98)96(91(87)100)83-81-94-79-77-93-78-80-95-82-84-97-90(99)86-88(92(97)101)76-74-72-70-68-66-64-62-60-58-56-54-52-50-48-46-44-42-40-38-36-34-32-30-28-26-24-22-20-18-16-14-12-10-8-6-4-2/h87-88,93-95H,3-86H2,1-2H3. The summed E-state index contributed by atoms with van der Waals surface area (Å²) in [6.45, 7) is 9.84. The molecule has 2 rings (SSSR count). The fourth-order valence-corrected chi connectivity index (χ4v) is 16.5. The van der Waals surface area contributed by atoms with Crippen LogP contribution in [0.25, 0.3) is 0 Å². The molecule has 2 atom stereocenters. The predicted octanol–water partition coefficient (Wildman–Crippen LogP) is 27.4. The third kappa shape index (κ3) is 62.9. The SMILES string of the molecule is CCCCCCCCCCCCCCCCCCCCCCCCCCCCCCCCCCCCCCC1CC(=O)N(CCNCCNCCNCCN2C(=O)CC(CCCCCCCCCCCCCCCCCCCCCCCCCCCCCCCCCCCCCC)C2=O)C1=O. The molecule has 101 heavy (non-hydrogen) atoms. The van der Waals surface area contributed by atoms with Crippen LogP contribution in [0.2, 0.25) is 0 Å². The predicted molar refractivity (Wildman–Crippen MR) is 441 cm³/mol. The maximum absolute atomic E-state index is 13.1. The summed E-state index contributed by atoms with van der Waals surface area (Å²) in [5.41, 5.74) is 0. The number of likely N-dealkylation sites (tertiary alicyclic amines) is 2. The first-order valence-electron chi connectivity index (χ1n) is 46.8. The number of amides is 4. The van der Waals surface area contributed by atoms with Gasteiger partial charge in [-0.2, -0.15) is 0 Å². The molecule has 0 aromatic heterocycles. The second kappa shape index (κ2) is 77.8. The van der Waals surface area contributed by atoms with Crippen LogP contribution >= 0.6 is 0 Å². The molecule has 2 aliphatic heterocycles. The van der Waals surface area contributed by atoms with Gasteiger partial charge in [-0.15, -0.1) is 0 Å². The lowest BCUT2D eigenvalue weighted by molar-refractivity contribution is -0.140. The van der Waals surface area contributed by atoms with E-state index in [0.717, 1.165) is 51.9 Å². The molecule has 0 saturated carbocycles. The zero-order chi connectivity index (χ0) is 72.1. The second-order valence-corrected chi connectivity index (χ2v) is 33.1. The summed E-state index contributed by atoms with van der Waals surface area (Å²) in [7, 11) is 0. The lowest BCUT2D eigenvalue weighted by Crippen LogP contribution is -2.40. The molecule has 9 nitrogen and oxygen atoms in total. The summed E-state index contributed by atoms with van der Waals surface area (Å²) in [5.74, 6) is -0.193. The van der Waals surface area contributed by atoms with Crippen LogP contribution in [-0.4, -0.2) is 85.8 Å². The molecule has 4 amide bonds. The van der Waals surface area contributed by atoms with Gasteiger partial charge in [0, 0.05) is 77.0 Å². The number of hydrogen-bond acceptors (Lipinski definition) is 7. The van der Waals surface area contributed by atoms with Crippen LogP contribution in [-0.2, 0) is 19.2 Å². The molecule has 2 heterocycles. The first kappa shape index (κ1) is 95.2. The van der Waals surface area contributed by atoms with Crippen molar-refractivity contribution in [2.45, 2.75) is 502 Å². The minimum atomic E-state index is -0.125. The Morgan fingerprint density at radius 1 is 0.208 bits per heavy atom. The molecule has 0 aliphatic carbocycles. The van der Waals surface area contributed by atoms with Gasteiger partial charge in [0.2, 0.25) is 23.6 Å². The van der Waals surface area contributed by atoms with Crippen molar-refractivity contribution in [3.8, 4) is 0 Å². The van der Waals surface area contributed by atoms with Crippen molar-refractivity contribution in [2.24, 2.45) is 11.8 Å². The summed E-state index contributed by atoms with van der Waals surface area (Å²) in [6, 6.07) is 0. The number of nitrogens with zero attached hydrogens (tertiary/aromatic N) is 2. The molecule has 596 valence electrons. The van der Waals surface area contributed by atoms with Gasteiger partial charge < -0.3 is 16.0 Å². The van der Waals surface area contributed by atoms with Crippen LogP contribution in [0.5, 0.6) is 0 Å². The smallest absolute Gasteiger partial charge is 0.232 e. The maximum atomic E-state index is 13.1. The van der Waals surface area contributed by atoms with Crippen LogP contribution in [0.1, 0.15) is 502 Å². The summed E-state index contributed by atoms with van der Waals surface area (Å²) < 4.78 is 0. The number of unbranched alkanes of at least 4 members (excludes halogenated alkanes) is 70. The normalized spacial score (nSPS) is 15.0. The largest absolute Gasteiger partial charge is 0.314 e. The van der Waals surface area contributed by atoms with Crippen molar-refractivity contribution in [1.82, 2.24) is 25.8 Å². The van der Waals surface area contributed by atoms with Crippen LogP contribution in [0, 0.1) is 11.8 Å². The van der Waals surface area contributed by atoms with E-state index in [-0.39, 0.29) is 35.5 Å². The monoisotopic (exact) mass is 1420 g/mol. The zero-order valence-electron chi connectivity index (χ0n) is 68.6. The van der Waals surface area contributed by atoms with Crippen LogP contribution in [0.4, 0.5) is 0 Å². The van der Waals surface area contributed by atoms with E-state index in [9.17, 15) is 19.2 Å². The molecular weight excluding hydrogens is 1240 g/mol. The van der Waals surface area contributed by atoms with Crippen LogP contribution in [0.3, 0.4) is 0 Å². The lowest BCUT2D eigenvalue weighted by atomic mass is 9.98. The number of nitrogens with one attached hydrogen (secondary N) is 3. The highest BCUT2D eigenvalue weighted by atomic mass is 16.2. The Kier molecular flexibility index (Phi) is 73.3. The Balaban J connectivity index is 1.22. The molecule has 9 heteroatoms. The molecule has 2 fully saturated rings. The number of carbonyl (C=O) groups excluding carboxylic acids is 4.